The largest absolute Gasteiger partial charge is 0.481 e. The summed E-state index contributed by atoms with van der Waals surface area (Å²) in [5.41, 5.74) is 9.77. The van der Waals surface area contributed by atoms with Crippen LogP contribution in [-0.2, 0) is 0 Å². The standard InChI is InChI=1S/C23H21N5O/c1-29-21-11-3-9-19(28-21)23(18-8-2-10-20(24)27-18)22(16-6-4-12-25-14-16)17-7-5-13-26-15-17/h2-15,22-23H,1H3,(H2,24,27). The Bertz CT molecular complexity index is 1030. The SMILES string of the molecule is COc1cccc(C(c2cccc(N)n2)C(c2cccnc2)c2cccnc2)n1. The van der Waals surface area contributed by atoms with Crippen molar-refractivity contribution in [2.24, 2.45) is 0 Å². The van der Waals surface area contributed by atoms with E-state index in [0.29, 0.717) is 11.7 Å². The lowest BCUT2D eigenvalue weighted by atomic mass is 9.78. The number of hydrogen-bond donors (Lipinski definition) is 1. The number of nitrogens with two attached hydrogens (primary N) is 1. The van der Waals surface area contributed by atoms with E-state index in [1.165, 1.54) is 0 Å². The van der Waals surface area contributed by atoms with Crippen molar-refractivity contribution in [2.75, 3.05) is 12.8 Å². The second-order valence-corrected chi connectivity index (χ2v) is 6.62. The number of aromatic nitrogens is 4. The molecule has 144 valence electrons. The summed E-state index contributed by atoms with van der Waals surface area (Å²) in [7, 11) is 1.61. The highest BCUT2D eigenvalue weighted by molar-refractivity contribution is 5.42. The Morgan fingerprint density at radius 3 is 1.90 bits per heavy atom. The molecule has 1 unspecified atom stereocenters. The average Bonchev–Trinajstić information content (AvgIpc) is 2.78. The van der Waals surface area contributed by atoms with Crippen molar-refractivity contribution in [2.45, 2.75) is 11.8 Å². The molecule has 0 aromatic carbocycles. The third-order valence-corrected chi connectivity index (χ3v) is 4.80. The minimum absolute atomic E-state index is 0.105. The number of pyridine rings is 4. The van der Waals surface area contributed by atoms with Gasteiger partial charge in [-0.15, -0.1) is 0 Å². The molecule has 0 amide bonds. The first-order valence-electron chi connectivity index (χ1n) is 9.29. The molecule has 0 saturated heterocycles. The van der Waals surface area contributed by atoms with Crippen molar-refractivity contribution in [3.63, 3.8) is 0 Å². The van der Waals surface area contributed by atoms with Gasteiger partial charge in [0.25, 0.3) is 0 Å². The summed E-state index contributed by atoms with van der Waals surface area (Å²) < 4.78 is 5.37. The fourth-order valence-electron chi connectivity index (χ4n) is 3.55. The van der Waals surface area contributed by atoms with Crippen molar-refractivity contribution in [1.82, 2.24) is 19.9 Å². The topological polar surface area (TPSA) is 86.8 Å². The Kier molecular flexibility index (Phi) is 5.42. The molecular weight excluding hydrogens is 362 g/mol. The molecule has 6 heteroatoms. The molecule has 0 radical (unpaired) electrons. The first-order chi connectivity index (χ1) is 14.3. The number of nitrogens with zero attached hydrogens (tertiary/aromatic N) is 4. The molecule has 4 aromatic rings. The normalized spacial score (nSPS) is 11.9. The van der Waals surface area contributed by atoms with Crippen LogP contribution in [0.25, 0.3) is 0 Å². The van der Waals surface area contributed by atoms with Crippen LogP contribution < -0.4 is 10.5 Å². The Morgan fingerprint density at radius 2 is 1.34 bits per heavy atom. The van der Waals surface area contributed by atoms with Crippen molar-refractivity contribution in [1.29, 1.82) is 0 Å². The maximum atomic E-state index is 6.03. The minimum Gasteiger partial charge on any atom is -0.481 e. The molecule has 29 heavy (non-hydrogen) atoms. The molecule has 0 saturated carbocycles. The molecule has 6 nitrogen and oxygen atoms in total. The first-order valence-corrected chi connectivity index (χ1v) is 9.29. The lowest BCUT2D eigenvalue weighted by Gasteiger charge is -2.27. The predicted molar refractivity (Wildman–Crippen MR) is 112 cm³/mol. The Labute approximate surface area is 169 Å². The van der Waals surface area contributed by atoms with E-state index in [0.717, 1.165) is 22.5 Å². The van der Waals surface area contributed by atoms with Crippen molar-refractivity contribution in [3.8, 4) is 5.88 Å². The Hall–Kier alpha value is -3.80. The van der Waals surface area contributed by atoms with Gasteiger partial charge in [-0.1, -0.05) is 24.3 Å². The van der Waals surface area contributed by atoms with Gasteiger partial charge >= 0.3 is 0 Å². The molecule has 2 N–H and O–H groups in total. The quantitative estimate of drug-likeness (QED) is 0.545. The van der Waals surface area contributed by atoms with Crippen LogP contribution >= 0.6 is 0 Å². The van der Waals surface area contributed by atoms with Gasteiger partial charge in [-0.2, -0.15) is 0 Å². The first kappa shape index (κ1) is 18.6. The third kappa shape index (κ3) is 4.06. The number of nitrogen functional groups attached to an aromatic ring is 1. The monoisotopic (exact) mass is 383 g/mol. The molecular formula is C23H21N5O. The number of hydrogen-bond acceptors (Lipinski definition) is 6. The molecule has 1 atom stereocenters. The molecule has 4 heterocycles. The summed E-state index contributed by atoms with van der Waals surface area (Å²) >= 11 is 0. The van der Waals surface area contributed by atoms with Crippen molar-refractivity contribution >= 4 is 5.82 Å². The molecule has 0 bridgehead atoms. The third-order valence-electron chi connectivity index (χ3n) is 4.80. The zero-order valence-electron chi connectivity index (χ0n) is 16.0. The summed E-state index contributed by atoms with van der Waals surface area (Å²) in [6.07, 6.45) is 7.27. The van der Waals surface area contributed by atoms with E-state index in [1.54, 1.807) is 25.6 Å². The molecule has 4 rings (SSSR count). The zero-order valence-corrected chi connectivity index (χ0v) is 16.0. The summed E-state index contributed by atoms with van der Waals surface area (Å²) in [5, 5.41) is 0. The van der Waals surface area contributed by atoms with Crippen LogP contribution in [0.2, 0.25) is 0 Å². The molecule has 0 aliphatic rings. The van der Waals surface area contributed by atoms with Crippen LogP contribution in [0.1, 0.15) is 34.4 Å². The van der Waals surface area contributed by atoms with Gasteiger partial charge in [0.15, 0.2) is 0 Å². The fraction of sp³-hybridized carbons (Fsp3) is 0.130. The number of methoxy groups -OCH3 is 1. The van der Waals surface area contributed by atoms with E-state index in [-0.39, 0.29) is 11.8 Å². The number of ether oxygens (including phenoxy) is 1. The van der Waals surface area contributed by atoms with Crippen LogP contribution in [0.15, 0.2) is 85.5 Å². The average molecular weight is 383 g/mol. The predicted octanol–water partition coefficient (Wildman–Crippen LogP) is 3.82. The second kappa shape index (κ2) is 8.48. The molecule has 0 aliphatic heterocycles. The van der Waals surface area contributed by atoms with E-state index in [2.05, 4.69) is 27.1 Å². The van der Waals surface area contributed by atoms with Gasteiger partial charge in [-0.3, -0.25) is 9.97 Å². The lowest BCUT2D eigenvalue weighted by Crippen LogP contribution is -2.18. The van der Waals surface area contributed by atoms with Gasteiger partial charge in [-0.05, 0) is 41.5 Å². The van der Waals surface area contributed by atoms with Gasteiger partial charge < -0.3 is 10.5 Å². The molecule has 0 fully saturated rings. The van der Waals surface area contributed by atoms with Gasteiger partial charge in [0.2, 0.25) is 5.88 Å². The summed E-state index contributed by atoms with van der Waals surface area (Å²) in [4.78, 5) is 18.0. The van der Waals surface area contributed by atoms with Gasteiger partial charge in [0, 0.05) is 36.8 Å². The van der Waals surface area contributed by atoms with Crippen LogP contribution in [-0.4, -0.2) is 27.0 Å². The molecule has 4 aromatic heterocycles. The minimum atomic E-state index is -0.206. The van der Waals surface area contributed by atoms with Crippen molar-refractivity contribution in [3.05, 3.63) is 108 Å². The smallest absolute Gasteiger partial charge is 0.213 e. The maximum Gasteiger partial charge on any atom is 0.213 e. The van der Waals surface area contributed by atoms with E-state index in [9.17, 15) is 0 Å². The fourth-order valence-corrected chi connectivity index (χ4v) is 3.55. The van der Waals surface area contributed by atoms with Crippen LogP contribution in [0.5, 0.6) is 5.88 Å². The maximum absolute atomic E-state index is 6.03. The zero-order chi connectivity index (χ0) is 20.1. The van der Waals surface area contributed by atoms with Crippen LogP contribution in [0.3, 0.4) is 0 Å². The number of anilines is 1. The van der Waals surface area contributed by atoms with Gasteiger partial charge in [0.1, 0.15) is 5.82 Å². The highest BCUT2D eigenvalue weighted by Crippen LogP contribution is 2.41. The van der Waals surface area contributed by atoms with E-state index in [1.807, 2.05) is 54.9 Å². The highest BCUT2D eigenvalue weighted by atomic mass is 16.5. The van der Waals surface area contributed by atoms with Crippen LogP contribution in [0.4, 0.5) is 5.82 Å². The van der Waals surface area contributed by atoms with Gasteiger partial charge in [0.05, 0.1) is 24.4 Å². The van der Waals surface area contributed by atoms with Crippen molar-refractivity contribution < 1.29 is 4.74 Å². The van der Waals surface area contributed by atoms with E-state index < -0.39 is 0 Å². The summed E-state index contributed by atoms with van der Waals surface area (Å²) in [6, 6.07) is 19.4. The second-order valence-electron chi connectivity index (χ2n) is 6.62. The molecule has 0 aliphatic carbocycles. The highest BCUT2D eigenvalue weighted by Gasteiger charge is 2.31. The van der Waals surface area contributed by atoms with E-state index >= 15 is 0 Å². The summed E-state index contributed by atoms with van der Waals surface area (Å²) in [6.45, 7) is 0. The van der Waals surface area contributed by atoms with Crippen LogP contribution in [0, 0.1) is 0 Å². The number of rotatable bonds is 6. The Balaban J connectivity index is 1.95. The Morgan fingerprint density at radius 1 is 0.724 bits per heavy atom. The molecule has 0 spiro atoms. The van der Waals surface area contributed by atoms with Gasteiger partial charge in [-0.25, -0.2) is 9.97 Å². The lowest BCUT2D eigenvalue weighted by molar-refractivity contribution is 0.395. The summed E-state index contributed by atoms with van der Waals surface area (Å²) in [5.74, 6) is 0.701. The van der Waals surface area contributed by atoms with E-state index in [4.69, 9.17) is 15.5 Å².